The number of rotatable bonds is 6. The second-order valence-corrected chi connectivity index (χ2v) is 9.49. The number of amides is 2. The van der Waals surface area contributed by atoms with E-state index in [1.165, 1.54) is 0 Å². The van der Waals surface area contributed by atoms with Crippen molar-refractivity contribution in [3.63, 3.8) is 0 Å². The van der Waals surface area contributed by atoms with Crippen molar-refractivity contribution in [2.24, 2.45) is 0 Å². The van der Waals surface area contributed by atoms with Crippen molar-refractivity contribution < 1.29 is 9.59 Å². The number of nitriles is 1. The molecule has 0 aliphatic rings. The van der Waals surface area contributed by atoms with Crippen molar-refractivity contribution in [1.29, 1.82) is 5.26 Å². The zero-order valence-electron chi connectivity index (χ0n) is 16.6. The number of hydrogen-bond donors (Lipinski definition) is 1. The number of pyridine rings is 2. The second kappa shape index (κ2) is 9.82. The number of nitrogens with zero attached hydrogens (tertiary/aromatic N) is 4. The van der Waals surface area contributed by atoms with E-state index in [1.54, 1.807) is 31.4 Å². The first-order valence-electron chi connectivity index (χ1n) is 9.13. The normalized spacial score (nSPS) is 10.6. The van der Waals surface area contributed by atoms with E-state index < -0.39 is 15.8 Å². The standard InChI is InChI=1S/C22H20AsN5O2/c1-28(2)22(30)16-5-3-15(4-6-16)17-7-8-20(26-12-17)23-18-11-19(14-25-13-18)27-21(29)9-10-24/h3-8,11-14,23H,9H2,1-2H3,(H,27,29). The fourth-order valence-corrected chi connectivity index (χ4v) is 4.71. The monoisotopic (exact) mass is 461 g/mol. The molecule has 2 heterocycles. The van der Waals surface area contributed by atoms with Gasteiger partial charge in [-0.15, -0.1) is 0 Å². The van der Waals surface area contributed by atoms with Gasteiger partial charge in [0.25, 0.3) is 0 Å². The van der Waals surface area contributed by atoms with E-state index in [2.05, 4.69) is 15.3 Å². The average molecular weight is 461 g/mol. The predicted molar refractivity (Wildman–Crippen MR) is 117 cm³/mol. The summed E-state index contributed by atoms with van der Waals surface area (Å²) in [6.07, 6.45) is 4.98. The number of carbonyl (C=O) groups excluding carboxylic acids is 2. The van der Waals surface area contributed by atoms with Gasteiger partial charge in [-0.2, -0.15) is 0 Å². The van der Waals surface area contributed by atoms with Crippen LogP contribution in [0.5, 0.6) is 0 Å². The van der Waals surface area contributed by atoms with Gasteiger partial charge in [0, 0.05) is 0 Å². The van der Waals surface area contributed by atoms with E-state index >= 15 is 0 Å². The van der Waals surface area contributed by atoms with Crippen molar-refractivity contribution in [3.05, 3.63) is 66.6 Å². The molecule has 8 heteroatoms. The molecule has 0 fully saturated rings. The van der Waals surface area contributed by atoms with Crippen LogP contribution in [0.25, 0.3) is 11.1 Å². The molecule has 7 nitrogen and oxygen atoms in total. The topological polar surface area (TPSA) is 99.0 Å². The van der Waals surface area contributed by atoms with Gasteiger partial charge in [-0.25, -0.2) is 0 Å². The second-order valence-electron chi connectivity index (χ2n) is 6.68. The summed E-state index contributed by atoms with van der Waals surface area (Å²) in [5.74, 6) is -0.377. The summed E-state index contributed by atoms with van der Waals surface area (Å²) in [6.45, 7) is 0. The third-order valence-corrected chi connectivity index (χ3v) is 6.51. The van der Waals surface area contributed by atoms with Crippen molar-refractivity contribution in [2.75, 3.05) is 19.4 Å². The van der Waals surface area contributed by atoms with Crippen LogP contribution in [-0.2, 0) is 4.79 Å². The number of anilines is 1. The van der Waals surface area contributed by atoms with Crippen LogP contribution in [0.1, 0.15) is 16.8 Å². The van der Waals surface area contributed by atoms with E-state index in [-0.39, 0.29) is 18.2 Å². The summed E-state index contributed by atoms with van der Waals surface area (Å²) in [4.78, 5) is 33.9. The maximum absolute atomic E-state index is 12.0. The SMILES string of the molecule is CN(C)C(=O)c1ccc(-c2ccc([AsH]c3cncc(NC(=O)CC#N)c3)nc2)cc1. The molecule has 2 amide bonds. The van der Waals surface area contributed by atoms with E-state index in [1.807, 2.05) is 54.7 Å². The van der Waals surface area contributed by atoms with Crippen molar-refractivity contribution in [2.45, 2.75) is 6.42 Å². The molecule has 0 bridgehead atoms. The van der Waals surface area contributed by atoms with E-state index in [0.29, 0.717) is 11.3 Å². The van der Waals surface area contributed by atoms with Crippen LogP contribution in [0.15, 0.2) is 61.1 Å². The summed E-state index contributed by atoms with van der Waals surface area (Å²) >= 11 is -0.721. The Balaban J connectivity index is 1.68. The molecule has 0 radical (unpaired) electrons. The van der Waals surface area contributed by atoms with Gasteiger partial charge in [0.05, 0.1) is 0 Å². The molecule has 1 atom stereocenters. The third-order valence-electron chi connectivity index (χ3n) is 4.17. The number of aromatic nitrogens is 2. The summed E-state index contributed by atoms with van der Waals surface area (Å²) < 4.78 is 2.01. The van der Waals surface area contributed by atoms with Crippen molar-refractivity contribution in [1.82, 2.24) is 14.9 Å². The number of benzene rings is 1. The molecule has 150 valence electrons. The molecule has 1 unspecified atom stereocenters. The van der Waals surface area contributed by atoms with Crippen LogP contribution in [0.2, 0.25) is 0 Å². The van der Waals surface area contributed by atoms with Gasteiger partial charge in [-0.3, -0.25) is 0 Å². The number of nitrogens with one attached hydrogen (secondary N) is 1. The van der Waals surface area contributed by atoms with Gasteiger partial charge in [-0.05, 0) is 0 Å². The van der Waals surface area contributed by atoms with Gasteiger partial charge < -0.3 is 0 Å². The van der Waals surface area contributed by atoms with E-state index in [9.17, 15) is 9.59 Å². The van der Waals surface area contributed by atoms with Gasteiger partial charge in [0.1, 0.15) is 0 Å². The number of carbonyl (C=O) groups is 2. The summed E-state index contributed by atoms with van der Waals surface area (Å²) in [5.41, 5.74) is 3.20. The summed E-state index contributed by atoms with van der Waals surface area (Å²) in [5, 5.41) is 11.3. The zero-order chi connectivity index (χ0) is 21.5. The molecule has 0 aliphatic carbocycles. The quantitative estimate of drug-likeness (QED) is 0.554. The van der Waals surface area contributed by atoms with Gasteiger partial charge >= 0.3 is 181 Å². The molecule has 0 aliphatic heterocycles. The Hall–Kier alpha value is -3.49. The minimum absolute atomic E-state index is 0.0277. The van der Waals surface area contributed by atoms with Crippen LogP contribution >= 0.6 is 0 Å². The van der Waals surface area contributed by atoms with E-state index in [4.69, 9.17) is 5.26 Å². The predicted octanol–water partition coefficient (Wildman–Crippen LogP) is 1.08. The Morgan fingerprint density at radius 3 is 2.43 bits per heavy atom. The Bertz CT molecular complexity index is 1090. The minimum atomic E-state index is -0.721. The van der Waals surface area contributed by atoms with Crippen LogP contribution in [0.4, 0.5) is 5.69 Å². The molecule has 0 saturated carbocycles. The fourth-order valence-electron chi connectivity index (χ4n) is 2.70. The average Bonchev–Trinajstić information content (AvgIpc) is 2.74. The molecule has 2 aromatic heterocycles. The molecule has 1 N–H and O–H groups in total. The van der Waals surface area contributed by atoms with Gasteiger partial charge in [0.2, 0.25) is 0 Å². The van der Waals surface area contributed by atoms with Crippen molar-refractivity contribution in [3.8, 4) is 17.2 Å². The van der Waals surface area contributed by atoms with Crippen LogP contribution in [0.3, 0.4) is 0 Å². The molecule has 1 aromatic carbocycles. The van der Waals surface area contributed by atoms with Crippen molar-refractivity contribution >= 4 is 42.1 Å². The van der Waals surface area contributed by atoms with E-state index in [0.717, 1.165) is 20.0 Å². The Morgan fingerprint density at radius 1 is 1.07 bits per heavy atom. The first-order valence-corrected chi connectivity index (χ1v) is 11.2. The Kier molecular flexibility index (Phi) is 6.94. The van der Waals surface area contributed by atoms with Gasteiger partial charge in [0.15, 0.2) is 0 Å². The third kappa shape index (κ3) is 5.53. The Labute approximate surface area is 181 Å². The summed E-state index contributed by atoms with van der Waals surface area (Å²) in [6, 6.07) is 15.2. The fraction of sp³-hybridized carbons (Fsp3) is 0.136. The molecule has 3 rings (SSSR count). The first kappa shape index (κ1) is 21.2. The first-order chi connectivity index (χ1) is 14.5. The maximum atomic E-state index is 12.0. The molecule has 0 spiro atoms. The van der Waals surface area contributed by atoms with Crippen LogP contribution in [0, 0.1) is 11.3 Å². The molecule has 3 aromatic rings. The van der Waals surface area contributed by atoms with Crippen LogP contribution in [-0.4, -0.2) is 56.5 Å². The van der Waals surface area contributed by atoms with Gasteiger partial charge in [-0.1, -0.05) is 0 Å². The molecular formula is C22H20AsN5O2. The zero-order valence-corrected chi connectivity index (χ0v) is 18.7. The number of hydrogen-bond acceptors (Lipinski definition) is 5. The Morgan fingerprint density at radius 2 is 1.80 bits per heavy atom. The summed E-state index contributed by atoms with van der Waals surface area (Å²) in [7, 11) is 3.46. The molecular weight excluding hydrogens is 441 g/mol. The van der Waals surface area contributed by atoms with Crippen LogP contribution < -0.4 is 14.1 Å². The molecule has 30 heavy (non-hydrogen) atoms. The molecule has 0 saturated heterocycles.